The third-order valence-corrected chi connectivity index (χ3v) is 3.20. The summed E-state index contributed by atoms with van der Waals surface area (Å²) in [6.45, 7) is 6.03. The molecule has 0 bridgehead atoms. The molecule has 0 atom stereocenters. The number of benzene rings is 1. The Kier molecular flexibility index (Phi) is 3.22. The number of hydrogen-bond acceptors (Lipinski definition) is 2. The fourth-order valence-electron chi connectivity index (χ4n) is 1.79. The van der Waals surface area contributed by atoms with Gasteiger partial charge in [0.2, 0.25) is 0 Å². The van der Waals surface area contributed by atoms with Crippen molar-refractivity contribution in [2.24, 2.45) is 0 Å². The van der Waals surface area contributed by atoms with Gasteiger partial charge in [0.1, 0.15) is 11.6 Å². The maximum atomic E-state index is 13.2. The molecule has 0 saturated heterocycles. The molecule has 0 aliphatic rings. The number of rotatable bonds is 3. The van der Waals surface area contributed by atoms with Gasteiger partial charge in [-0.05, 0) is 40.0 Å². The molecule has 96 valence electrons. The maximum absolute atomic E-state index is 13.2. The first-order chi connectivity index (χ1) is 8.44. The molecule has 0 fully saturated rings. The Bertz CT molecular complexity index is 558. The topological polar surface area (TPSA) is 40.7 Å². The van der Waals surface area contributed by atoms with E-state index < -0.39 is 0 Å². The van der Waals surface area contributed by atoms with E-state index in [0.717, 1.165) is 22.8 Å². The van der Waals surface area contributed by atoms with E-state index in [9.17, 15) is 4.39 Å². The summed E-state index contributed by atoms with van der Waals surface area (Å²) < 4.78 is 13.2. The van der Waals surface area contributed by atoms with Crippen molar-refractivity contribution in [2.75, 3.05) is 7.05 Å². The molecule has 0 spiro atoms. The van der Waals surface area contributed by atoms with Crippen LogP contribution in [0.3, 0.4) is 0 Å². The summed E-state index contributed by atoms with van der Waals surface area (Å²) in [6.07, 6.45) is 0. The number of nitrogens with zero attached hydrogens (tertiary/aromatic N) is 1. The number of nitrogens with one attached hydrogen (secondary N) is 2. The van der Waals surface area contributed by atoms with Crippen molar-refractivity contribution in [1.82, 2.24) is 15.3 Å². The molecule has 0 amide bonds. The Morgan fingerprint density at radius 3 is 2.67 bits per heavy atom. The predicted octanol–water partition coefficient (Wildman–Crippen LogP) is 2.98. The van der Waals surface area contributed by atoms with E-state index in [-0.39, 0.29) is 11.4 Å². The molecule has 0 unspecified atom stereocenters. The minimum Gasteiger partial charge on any atom is -0.344 e. The molecule has 0 saturated carbocycles. The van der Waals surface area contributed by atoms with E-state index >= 15 is 0 Å². The summed E-state index contributed by atoms with van der Waals surface area (Å²) in [5, 5.41) is 3.19. The van der Waals surface area contributed by atoms with E-state index in [0.29, 0.717) is 0 Å². The minimum absolute atomic E-state index is 0.240. The van der Waals surface area contributed by atoms with Gasteiger partial charge in [-0.25, -0.2) is 9.37 Å². The minimum atomic E-state index is -0.246. The highest BCUT2D eigenvalue weighted by molar-refractivity contribution is 5.62. The monoisotopic (exact) mass is 247 g/mol. The van der Waals surface area contributed by atoms with E-state index in [2.05, 4.69) is 15.3 Å². The van der Waals surface area contributed by atoms with Gasteiger partial charge in [-0.1, -0.05) is 12.1 Å². The highest BCUT2D eigenvalue weighted by Crippen LogP contribution is 2.25. The Morgan fingerprint density at radius 2 is 2.06 bits per heavy atom. The second kappa shape index (κ2) is 4.53. The van der Waals surface area contributed by atoms with Crippen LogP contribution in [0.15, 0.2) is 24.3 Å². The largest absolute Gasteiger partial charge is 0.344 e. The van der Waals surface area contributed by atoms with Crippen molar-refractivity contribution in [3.8, 4) is 11.3 Å². The average molecular weight is 247 g/mol. The van der Waals surface area contributed by atoms with Gasteiger partial charge in [-0.2, -0.15) is 0 Å². The van der Waals surface area contributed by atoms with Crippen LogP contribution in [0.25, 0.3) is 11.3 Å². The number of hydrogen-bond donors (Lipinski definition) is 2. The Morgan fingerprint density at radius 1 is 1.33 bits per heavy atom. The second-order valence-corrected chi connectivity index (χ2v) is 4.94. The Labute approximate surface area is 106 Å². The molecule has 2 aromatic rings. The lowest BCUT2D eigenvalue weighted by atomic mass is 10.1. The maximum Gasteiger partial charge on any atom is 0.126 e. The standard InChI is InChI=1S/C14H18FN3/c1-9-12(10-6-5-7-11(15)8-10)18-13(17-9)14(2,3)16-4/h5-8,16H,1-4H3,(H,17,18). The quantitative estimate of drug-likeness (QED) is 0.875. The fourth-order valence-corrected chi connectivity index (χ4v) is 1.79. The molecule has 2 N–H and O–H groups in total. The Hall–Kier alpha value is -1.68. The van der Waals surface area contributed by atoms with Crippen LogP contribution in [0.1, 0.15) is 25.4 Å². The van der Waals surface area contributed by atoms with E-state index in [1.165, 1.54) is 12.1 Å². The van der Waals surface area contributed by atoms with Crippen LogP contribution in [0, 0.1) is 12.7 Å². The first kappa shape index (κ1) is 12.8. The number of aromatic amines is 1. The molecule has 2 rings (SSSR count). The lowest BCUT2D eigenvalue weighted by molar-refractivity contribution is 0.420. The number of aryl methyl sites for hydroxylation is 1. The van der Waals surface area contributed by atoms with Gasteiger partial charge in [-0.15, -0.1) is 0 Å². The predicted molar refractivity (Wildman–Crippen MR) is 70.8 cm³/mol. The summed E-state index contributed by atoms with van der Waals surface area (Å²) in [7, 11) is 1.89. The molecular formula is C14H18FN3. The van der Waals surface area contributed by atoms with Gasteiger partial charge < -0.3 is 10.3 Å². The van der Waals surface area contributed by atoms with Crippen molar-refractivity contribution in [3.05, 3.63) is 41.6 Å². The summed E-state index contributed by atoms with van der Waals surface area (Å²) in [6, 6.07) is 6.49. The number of imidazole rings is 1. The summed E-state index contributed by atoms with van der Waals surface area (Å²) in [5.41, 5.74) is 2.30. The lowest BCUT2D eigenvalue weighted by Gasteiger charge is -2.20. The smallest absolute Gasteiger partial charge is 0.126 e. The van der Waals surface area contributed by atoms with Gasteiger partial charge >= 0.3 is 0 Å². The van der Waals surface area contributed by atoms with Crippen LogP contribution in [0.4, 0.5) is 4.39 Å². The molecule has 0 aliphatic carbocycles. The van der Waals surface area contributed by atoms with Crippen LogP contribution < -0.4 is 5.32 Å². The summed E-state index contributed by atoms with van der Waals surface area (Å²) in [4.78, 5) is 7.84. The van der Waals surface area contributed by atoms with Crippen LogP contribution in [-0.2, 0) is 5.54 Å². The van der Waals surface area contributed by atoms with E-state index in [4.69, 9.17) is 0 Å². The summed E-state index contributed by atoms with van der Waals surface area (Å²) >= 11 is 0. The summed E-state index contributed by atoms with van der Waals surface area (Å²) in [5.74, 6) is 0.603. The van der Waals surface area contributed by atoms with Crippen molar-refractivity contribution in [3.63, 3.8) is 0 Å². The zero-order valence-corrected chi connectivity index (χ0v) is 11.1. The average Bonchev–Trinajstić information content (AvgIpc) is 2.72. The fraction of sp³-hybridized carbons (Fsp3) is 0.357. The molecule has 18 heavy (non-hydrogen) atoms. The van der Waals surface area contributed by atoms with E-state index in [1.54, 1.807) is 6.07 Å². The second-order valence-electron chi connectivity index (χ2n) is 4.94. The van der Waals surface area contributed by atoms with Gasteiger partial charge in [-0.3, -0.25) is 0 Å². The first-order valence-corrected chi connectivity index (χ1v) is 5.96. The van der Waals surface area contributed by atoms with Crippen LogP contribution in [-0.4, -0.2) is 17.0 Å². The highest BCUT2D eigenvalue weighted by atomic mass is 19.1. The zero-order valence-electron chi connectivity index (χ0n) is 11.1. The van der Waals surface area contributed by atoms with Crippen molar-refractivity contribution < 1.29 is 4.39 Å². The normalized spacial score (nSPS) is 11.8. The number of halogens is 1. The molecule has 4 heteroatoms. The highest BCUT2D eigenvalue weighted by Gasteiger charge is 2.23. The molecule has 0 aliphatic heterocycles. The van der Waals surface area contributed by atoms with Crippen LogP contribution in [0.2, 0.25) is 0 Å². The molecule has 3 nitrogen and oxygen atoms in total. The van der Waals surface area contributed by atoms with Crippen molar-refractivity contribution in [1.29, 1.82) is 0 Å². The zero-order chi connectivity index (χ0) is 13.3. The van der Waals surface area contributed by atoms with Crippen LogP contribution >= 0.6 is 0 Å². The Balaban J connectivity index is 2.48. The third-order valence-electron chi connectivity index (χ3n) is 3.20. The number of aromatic nitrogens is 2. The molecule has 0 radical (unpaired) electrons. The van der Waals surface area contributed by atoms with Gasteiger partial charge in [0.05, 0.1) is 11.2 Å². The van der Waals surface area contributed by atoms with Gasteiger partial charge in [0.15, 0.2) is 0 Å². The van der Waals surface area contributed by atoms with Crippen molar-refractivity contribution >= 4 is 0 Å². The van der Waals surface area contributed by atoms with Gasteiger partial charge in [0, 0.05) is 11.3 Å². The molecular weight excluding hydrogens is 229 g/mol. The first-order valence-electron chi connectivity index (χ1n) is 5.96. The molecule has 1 aromatic carbocycles. The van der Waals surface area contributed by atoms with Gasteiger partial charge in [0.25, 0.3) is 0 Å². The van der Waals surface area contributed by atoms with Crippen LogP contribution in [0.5, 0.6) is 0 Å². The molecule has 1 heterocycles. The van der Waals surface area contributed by atoms with E-state index in [1.807, 2.05) is 33.9 Å². The lowest BCUT2D eigenvalue weighted by Crippen LogP contribution is -2.34. The molecule has 1 aromatic heterocycles. The third kappa shape index (κ3) is 2.29. The SMILES string of the molecule is CNC(C)(C)c1nc(-c2cccc(F)c2)c(C)[nH]1. The van der Waals surface area contributed by atoms with Crippen molar-refractivity contribution in [2.45, 2.75) is 26.3 Å². The number of H-pyrrole nitrogens is 1.